The molecule has 0 fully saturated rings. The lowest BCUT2D eigenvalue weighted by Gasteiger charge is -2.15. The lowest BCUT2D eigenvalue weighted by atomic mass is 9.98. The van der Waals surface area contributed by atoms with Gasteiger partial charge in [0.05, 0.1) is 21.2 Å². The Kier molecular flexibility index (Phi) is 5.34. The largest absolute Gasteiger partial charge is 0.416 e. The maximum absolute atomic E-state index is 11.2. The molecule has 5 nitrogen and oxygen atoms in total. The second-order valence-electron chi connectivity index (χ2n) is 6.37. The summed E-state index contributed by atoms with van der Waals surface area (Å²) in [6.07, 6.45) is 2.08. The van der Waals surface area contributed by atoms with E-state index in [-0.39, 0.29) is 5.97 Å². The van der Waals surface area contributed by atoms with Crippen molar-refractivity contribution < 1.29 is 9.53 Å². The number of hydrogen-bond acceptors (Lipinski definition) is 5. The molecule has 0 aliphatic heterocycles. The van der Waals surface area contributed by atoms with Crippen LogP contribution in [0.5, 0.6) is 5.06 Å². The Hall–Kier alpha value is -1.92. The van der Waals surface area contributed by atoms with E-state index in [0.717, 1.165) is 40.3 Å². The molecule has 7 heteroatoms. The van der Waals surface area contributed by atoms with Crippen molar-refractivity contribution in [2.45, 2.75) is 53.4 Å². The number of thiophene rings is 1. The fraction of sp³-hybridized carbons (Fsp3) is 0.421. The van der Waals surface area contributed by atoms with Crippen LogP contribution in [0.4, 0.5) is 0 Å². The zero-order valence-electron chi connectivity index (χ0n) is 15.6. The van der Waals surface area contributed by atoms with Crippen LogP contribution in [0.2, 0.25) is 5.02 Å². The standard InChI is InChI=1S/C19H22ClN3O2S/c1-6-13(7-2)15-8-10(3)21-19-17(11(4)22-23(15)19)18-14(20)9-16(26-18)25-12(5)24/h8-9,13H,6-7H2,1-5H3. The number of carbonyl (C=O) groups is 1. The van der Waals surface area contributed by atoms with Crippen LogP contribution >= 0.6 is 22.9 Å². The van der Waals surface area contributed by atoms with Crippen LogP contribution in [0, 0.1) is 13.8 Å². The van der Waals surface area contributed by atoms with Gasteiger partial charge < -0.3 is 4.74 Å². The van der Waals surface area contributed by atoms with E-state index in [1.807, 2.05) is 18.4 Å². The normalized spacial score (nSPS) is 11.5. The van der Waals surface area contributed by atoms with Gasteiger partial charge in [-0.1, -0.05) is 36.8 Å². The minimum atomic E-state index is -0.365. The van der Waals surface area contributed by atoms with Crippen molar-refractivity contribution in [3.8, 4) is 15.5 Å². The summed E-state index contributed by atoms with van der Waals surface area (Å²) in [6, 6.07) is 3.78. The van der Waals surface area contributed by atoms with Gasteiger partial charge in [-0.15, -0.1) is 0 Å². The highest BCUT2D eigenvalue weighted by Gasteiger charge is 2.23. The van der Waals surface area contributed by atoms with Gasteiger partial charge in [-0.2, -0.15) is 5.10 Å². The molecule has 138 valence electrons. The van der Waals surface area contributed by atoms with Gasteiger partial charge >= 0.3 is 5.97 Å². The summed E-state index contributed by atoms with van der Waals surface area (Å²) in [4.78, 5) is 16.8. The molecular formula is C19H22ClN3O2S. The molecule has 0 atom stereocenters. The smallest absolute Gasteiger partial charge is 0.308 e. The van der Waals surface area contributed by atoms with Crippen molar-refractivity contribution in [2.75, 3.05) is 0 Å². The van der Waals surface area contributed by atoms with Gasteiger partial charge in [0.15, 0.2) is 10.7 Å². The fourth-order valence-corrected chi connectivity index (χ4v) is 4.66. The number of rotatable bonds is 5. The maximum atomic E-state index is 11.2. The molecule has 26 heavy (non-hydrogen) atoms. The second-order valence-corrected chi connectivity index (χ2v) is 7.79. The van der Waals surface area contributed by atoms with Crippen LogP contribution in [-0.2, 0) is 4.79 Å². The first-order valence-corrected chi connectivity index (χ1v) is 9.90. The molecule has 3 heterocycles. The SMILES string of the molecule is CCC(CC)c1cc(C)nc2c(-c3sc(OC(C)=O)cc3Cl)c(C)nn12. The van der Waals surface area contributed by atoms with Crippen LogP contribution in [0.15, 0.2) is 12.1 Å². The quantitative estimate of drug-likeness (QED) is 0.534. The van der Waals surface area contributed by atoms with E-state index in [1.54, 1.807) is 6.07 Å². The molecule has 0 bridgehead atoms. The number of aromatic nitrogens is 3. The number of esters is 1. The molecule has 0 N–H and O–H groups in total. The minimum Gasteiger partial charge on any atom is -0.416 e. The van der Waals surface area contributed by atoms with E-state index in [0.29, 0.717) is 16.0 Å². The lowest BCUT2D eigenvalue weighted by Crippen LogP contribution is -2.07. The van der Waals surface area contributed by atoms with Gasteiger partial charge in [0.1, 0.15) is 0 Å². The molecule has 0 aliphatic carbocycles. The van der Waals surface area contributed by atoms with Crippen molar-refractivity contribution in [2.24, 2.45) is 0 Å². The molecule has 3 rings (SSSR count). The van der Waals surface area contributed by atoms with Crippen LogP contribution < -0.4 is 4.74 Å². The molecule has 0 aliphatic rings. The molecule has 3 aromatic rings. The van der Waals surface area contributed by atoms with Gasteiger partial charge in [-0.25, -0.2) is 9.50 Å². The predicted octanol–water partition coefficient (Wildman–Crippen LogP) is 5.56. The molecule has 3 aromatic heterocycles. The second kappa shape index (κ2) is 7.37. The first-order chi connectivity index (χ1) is 12.3. The Morgan fingerprint density at radius 2 is 2.00 bits per heavy atom. The number of ether oxygens (including phenoxy) is 1. The summed E-state index contributed by atoms with van der Waals surface area (Å²) >= 11 is 7.78. The van der Waals surface area contributed by atoms with E-state index in [1.165, 1.54) is 24.0 Å². The highest BCUT2D eigenvalue weighted by molar-refractivity contribution is 7.18. The Morgan fingerprint density at radius 1 is 1.31 bits per heavy atom. The third-order valence-electron chi connectivity index (χ3n) is 4.46. The number of nitrogens with zero attached hydrogens (tertiary/aromatic N) is 3. The Morgan fingerprint density at radius 3 is 2.62 bits per heavy atom. The van der Waals surface area contributed by atoms with Gasteiger partial charge in [-0.05, 0) is 32.8 Å². The van der Waals surface area contributed by atoms with Gasteiger partial charge in [-0.3, -0.25) is 4.79 Å². The van der Waals surface area contributed by atoms with E-state index in [4.69, 9.17) is 26.4 Å². The third kappa shape index (κ3) is 3.35. The molecule has 0 radical (unpaired) electrons. The summed E-state index contributed by atoms with van der Waals surface area (Å²) in [5.74, 6) is 0.0535. The Bertz CT molecular complexity index is 973. The summed E-state index contributed by atoms with van der Waals surface area (Å²) in [6.45, 7) is 9.71. The number of fused-ring (bicyclic) bond motifs is 1. The van der Waals surface area contributed by atoms with Crippen molar-refractivity contribution in [3.63, 3.8) is 0 Å². The molecular weight excluding hydrogens is 370 g/mol. The third-order valence-corrected chi connectivity index (χ3v) is 5.90. The zero-order chi connectivity index (χ0) is 19.0. The lowest BCUT2D eigenvalue weighted by molar-refractivity contribution is -0.131. The number of halogens is 1. The molecule has 0 saturated carbocycles. The van der Waals surface area contributed by atoms with E-state index < -0.39 is 0 Å². The summed E-state index contributed by atoms with van der Waals surface area (Å²) in [5.41, 5.74) is 4.67. The van der Waals surface area contributed by atoms with Crippen LogP contribution in [0.1, 0.15) is 56.6 Å². The highest BCUT2D eigenvalue weighted by Crippen LogP contribution is 2.43. The minimum absolute atomic E-state index is 0.365. The average Bonchev–Trinajstić information content (AvgIpc) is 3.06. The molecule has 0 amide bonds. The van der Waals surface area contributed by atoms with Crippen LogP contribution in [-0.4, -0.2) is 20.6 Å². The van der Waals surface area contributed by atoms with Crippen molar-refractivity contribution in [1.82, 2.24) is 14.6 Å². The first kappa shape index (κ1) is 18.9. The molecule has 0 saturated heterocycles. The highest BCUT2D eigenvalue weighted by atomic mass is 35.5. The van der Waals surface area contributed by atoms with E-state index in [9.17, 15) is 4.79 Å². The summed E-state index contributed by atoms with van der Waals surface area (Å²) in [5, 5.41) is 5.77. The molecule has 0 unspecified atom stereocenters. The topological polar surface area (TPSA) is 56.5 Å². The van der Waals surface area contributed by atoms with Gasteiger partial charge in [0, 0.05) is 30.3 Å². The summed E-state index contributed by atoms with van der Waals surface area (Å²) < 4.78 is 7.14. The van der Waals surface area contributed by atoms with Crippen molar-refractivity contribution >= 4 is 34.6 Å². The van der Waals surface area contributed by atoms with Gasteiger partial charge in [0.25, 0.3) is 0 Å². The number of hydrogen-bond donors (Lipinski definition) is 0. The maximum Gasteiger partial charge on any atom is 0.308 e. The van der Waals surface area contributed by atoms with Crippen LogP contribution in [0.25, 0.3) is 16.1 Å². The van der Waals surface area contributed by atoms with Crippen molar-refractivity contribution in [3.05, 3.63) is 34.2 Å². The summed E-state index contributed by atoms with van der Waals surface area (Å²) in [7, 11) is 0. The van der Waals surface area contributed by atoms with Gasteiger partial charge in [0.2, 0.25) is 0 Å². The van der Waals surface area contributed by atoms with E-state index >= 15 is 0 Å². The fourth-order valence-electron chi connectivity index (χ4n) is 3.25. The monoisotopic (exact) mass is 391 g/mol. The van der Waals surface area contributed by atoms with Crippen molar-refractivity contribution in [1.29, 1.82) is 0 Å². The van der Waals surface area contributed by atoms with Crippen LogP contribution in [0.3, 0.4) is 0 Å². The number of carbonyl (C=O) groups excluding carboxylic acids is 1. The predicted molar refractivity (Wildman–Crippen MR) is 105 cm³/mol. The number of aryl methyl sites for hydroxylation is 2. The Labute approximate surface area is 162 Å². The Balaban J connectivity index is 2.23. The first-order valence-electron chi connectivity index (χ1n) is 8.70. The average molecular weight is 392 g/mol. The molecule has 0 spiro atoms. The molecule has 0 aromatic carbocycles. The van der Waals surface area contributed by atoms with E-state index in [2.05, 4.69) is 19.9 Å². The zero-order valence-corrected chi connectivity index (χ0v) is 17.2.